The molecule has 1 atom stereocenters. The van der Waals surface area contributed by atoms with E-state index in [1.54, 1.807) is 0 Å². The maximum Gasteiger partial charge on any atom is 0.237 e. The van der Waals surface area contributed by atoms with Crippen molar-refractivity contribution >= 4 is 5.91 Å². The molecule has 1 amide bonds. The first-order chi connectivity index (χ1) is 9.13. The second kappa shape index (κ2) is 8.54. The Hall–Kier alpha value is -0.610. The Labute approximate surface area is 118 Å². The van der Waals surface area contributed by atoms with Crippen LogP contribution < -0.4 is 10.6 Å². The second-order valence-corrected chi connectivity index (χ2v) is 5.51. The summed E-state index contributed by atoms with van der Waals surface area (Å²) in [6, 6.07) is 0.851. The fourth-order valence-corrected chi connectivity index (χ4v) is 2.95. The maximum absolute atomic E-state index is 12.3. The first-order valence-corrected chi connectivity index (χ1v) is 7.90. The number of carbonyl (C=O) groups is 1. The molecule has 1 heterocycles. The van der Waals surface area contributed by atoms with Gasteiger partial charge in [-0.3, -0.25) is 9.69 Å². The van der Waals surface area contributed by atoms with Gasteiger partial charge in [-0.05, 0) is 52.2 Å². The third-order valence-corrected chi connectivity index (χ3v) is 4.35. The third kappa shape index (κ3) is 4.77. The van der Waals surface area contributed by atoms with Gasteiger partial charge >= 0.3 is 0 Å². The van der Waals surface area contributed by atoms with E-state index in [-0.39, 0.29) is 11.9 Å². The fourth-order valence-electron chi connectivity index (χ4n) is 2.95. The number of amides is 1. The Kier molecular flexibility index (Phi) is 7.39. The summed E-state index contributed by atoms with van der Waals surface area (Å²) in [6.45, 7) is 11.5. The Balaban J connectivity index is 2.56. The average Bonchev–Trinajstić information content (AvgIpc) is 2.46. The molecule has 0 aromatic carbocycles. The fraction of sp³-hybridized carbons (Fsp3) is 0.933. The van der Waals surface area contributed by atoms with Crippen LogP contribution in [-0.2, 0) is 4.79 Å². The Morgan fingerprint density at radius 3 is 2.32 bits per heavy atom. The van der Waals surface area contributed by atoms with E-state index >= 15 is 0 Å². The number of hydrogen-bond donors (Lipinski definition) is 2. The normalized spacial score (nSPS) is 18.8. The summed E-state index contributed by atoms with van der Waals surface area (Å²) >= 11 is 0. The minimum atomic E-state index is -0.0197. The van der Waals surface area contributed by atoms with E-state index in [4.69, 9.17) is 0 Å². The minimum absolute atomic E-state index is 0.0197. The molecule has 4 heteroatoms. The number of nitrogens with one attached hydrogen (secondary N) is 2. The number of hydrogen-bond acceptors (Lipinski definition) is 3. The van der Waals surface area contributed by atoms with E-state index in [0.717, 1.165) is 45.3 Å². The standard InChI is InChI=1S/C15H31N3O/c1-5-13(6-2)17-15(19)12(4)18(7-3)14-8-10-16-11-9-14/h12-14,16H,5-11H2,1-4H3,(H,17,19). The van der Waals surface area contributed by atoms with Crippen molar-refractivity contribution in [3.8, 4) is 0 Å². The van der Waals surface area contributed by atoms with E-state index in [0.29, 0.717) is 12.1 Å². The first kappa shape index (κ1) is 16.4. The molecular formula is C15H31N3O. The molecule has 0 spiro atoms. The van der Waals surface area contributed by atoms with Crippen LogP contribution in [0.15, 0.2) is 0 Å². The van der Waals surface area contributed by atoms with Gasteiger partial charge in [0.2, 0.25) is 5.91 Å². The molecule has 1 aliphatic rings. The Bertz CT molecular complexity index is 260. The molecule has 112 valence electrons. The van der Waals surface area contributed by atoms with E-state index in [9.17, 15) is 4.79 Å². The molecule has 2 N–H and O–H groups in total. The van der Waals surface area contributed by atoms with Crippen LogP contribution in [0.2, 0.25) is 0 Å². The average molecular weight is 269 g/mol. The highest BCUT2D eigenvalue weighted by atomic mass is 16.2. The lowest BCUT2D eigenvalue weighted by molar-refractivity contribution is -0.127. The van der Waals surface area contributed by atoms with Gasteiger partial charge in [0.05, 0.1) is 6.04 Å². The predicted octanol–water partition coefficient (Wildman–Crippen LogP) is 1.75. The van der Waals surface area contributed by atoms with Crippen LogP contribution in [-0.4, -0.2) is 48.6 Å². The van der Waals surface area contributed by atoms with Gasteiger partial charge in [0, 0.05) is 12.1 Å². The first-order valence-electron chi connectivity index (χ1n) is 7.90. The number of nitrogens with zero attached hydrogens (tertiary/aromatic N) is 1. The molecule has 0 aliphatic carbocycles. The molecule has 0 saturated carbocycles. The van der Waals surface area contributed by atoms with Gasteiger partial charge in [0.1, 0.15) is 0 Å². The van der Waals surface area contributed by atoms with Crippen LogP contribution in [0, 0.1) is 0 Å². The SMILES string of the molecule is CCC(CC)NC(=O)C(C)N(CC)C1CCNCC1. The van der Waals surface area contributed by atoms with E-state index in [2.05, 4.69) is 36.3 Å². The molecule has 1 unspecified atom stereocenters. The van der Waals surface area contributed by atoms with Crippen molar-refractivity contribution in [2.45, 2.75) is 71.5 Å². The summed E-state index contributed by atoms with van der Waals surface area (Å²) in [6.07, 6.45) is 4.32. The van der Waals surface area contributed by atoms with Gasteiger partial charge in [0.25, 0.3) is 0 Å². The van der Waals surface area contributed by atoms with Crippen LogP contribution in [0.25, 0.3) is 0 Å². The molecule has 1 rings (SSSR count). The predicted molar refractivity (Wildman–Crippen MR) is 80.2 cm³/mol. The van der Waals surface area contributed by atoms with Crippen LogP contribution in [0.4, 0.5) is 0 Å². The molecule has 4 nitrogen and oxygen atoms in total. The third-order valence-electron chi connectivity index (χ3n) is 4.35. The molecule has 0 bridgehead atoms. The lowest BCUT2D eigenvalue weighted by Gasteiger charge is -2.37. The number of likely N-dealkylation sites (N-methyl/N-ethyl adjacent to an activating group) is 1. The lowest BCUT2D eigenvalue weighted by Crippen LogP contribution is -2.53. The molecule has 1 aliphatic heterocycles. The van der Waals surface area contributed by atoms with Gasteiger partial charge < -0.3 is 10.6 Å². The molecule has 0 radical (unpaired) electrons. The highest BCUT2D eigenvalue weighted by Gasteiger charge is 2.28. The Morgan fingerprint density at radius 2 is 1.84 bits per heavy atom. The smallest absolute Gasteiger partial charge is 0.237 e. The number of carbonyl (C=O) groups excluding carboxylic acids is 1. The van der Waals surface area contributed by atoms with E-state index in [1.807, 2.05) is 6.92 Å². The van der Waals surface area contributed by atoms with Crippen LogP contribution >= 0.6 is 0 Å². The highest BCUT2D eigenvalue weighted by Crippen LogP contribution is 2.15. The summed E-state index contributed by atoms with van der Waals surface area (Å²) in [5.41, 5.74) is 0. The number of piperidine rings is 1. The van der Waals surface area contributed by atoms with Crippen molar-refractivity contribution in [2.75, 3.05) is 19.6 Å². The van der Waals surface area contributed by atoms with Crippen LogP contribution in [0.5, 0.6) is 0 Å². The van der Waals surface area contributed by atoms with Crippen LogP contribution in [0.1, 0.15) is 53.4 Å². The summed E-state index contributed by atoms with van der Waals surface area (Å²) in [4.78, 5) is 14.7. The molecule has 1 fully saturated rings. The lowest BCUT2D eigenvalue weighted by atomic mass is 10.0. The van der Waals surface area contributed by atoms with Gasteiger partial charge in [-0.25, -0.2) is 0 Å². The Morgan fingerprint density at radius 1 is 1.26 bits per heavy atom. The largest absolute Gasteiger partial charge is 0.352 e. The molecule has 1 saturated heterocycles. The zero-order valence-electron chi connectivity index (χ0n) is 13.0. The number of rotatable bonds is 7. The minimum Gasteiger partial charge on any atom is -0.352 e. The molecule has 0 aromatic rings. The van der Waals surface area contributed by atoms with Crippen molar-refractivity contribution in [1.82, 2.24) is 15.5 Å². The van der Waals surface area contributed by atoms with Crippen LogP contribution in [0.3, 0.4) is 0 Å². The highest BCUT2D eigenvalue weighted by molar-refractivity contribution is 5.81. The monoisotopic (exact) mass is 269 g/mol. The van der Waals surface area contributed by atoms with Crippen molar-refractivity contribution in [1.29, 1.82) is 0 Å². The molecular weight excluding hydrogens is 238 g/mol. The van der Waals surface area contributed by atoms with Crippen molar-refractivity contribution in [2.24, 2.45) is 0 Å². The van der Waals surface area contributed by atoms with Gasteiger partial charge in [-0.2, -0.15) is 0 Å². The zero-order chi connectivity index (χ0) is 14.3. The van der Waals surface area contributed by atoms with E-state index < -0.39 is 0 Å². The van der Waals surface area contributed by atoms with Gasteiger partial charge in [-0.15, -0.1) is 0 Å². The van der Waals surface area contributed by atoms with Gasteiger partial charge in [-0.1, -0.05) is 20.8 Å². The summed E-state index contributed by atoms with van der Waals surface area (Å²) in [5, 5.41) is 6.56. The second-order valence-electron chi connectivity index (χ2n) is 5.51. The summed E-state index contributed by atoms with van der Waals surface area (Å²) in [7, 11) is 0. The van der Waals surface area contributed by atoms with Crippen molar-refractivity contribution in [3.63, 3.8) is 0 Å². The van der Waals surface area contributed by atoms with Crippen molar-refractivity contribution in [3.05, 3.63) is 0 Å². The van der Waals surface area contributed by atoms with E-state index in [1.165, 1.54) is 0 Å². The topological polar surface area (TPSA) is 44.4 Å². The molecule has 0 aromatic heterocycles. The van der Waals surface area contributed by atoms with Crippen molar-refractivity contribution < 1.29 is 4.79 Å². The molecule has 19 heavy (non-hydrogen) atoms. The van der Waals surface area contributed by atoms with Gasteiger partial charge in [0.15, 0.2) is 0 Å². The summed E-state index contributed by atoms with van der Waals surface area (Å²) < 4.78 is 0. The maximum atomic E-state index is 12.3. The quantitative estimate of drug-likeness (QED) is 0.740. The zero-order valence-corrected chi connectivity index (χ0v) is 13.0. The summed E-state index contributed by atoms with van der Waals surface area (Å²) in [5.74, 6) is 0.189.